The molecule has 2 N–H and O–H groups in total. The molecule has 24 heavy (non-hydrogen) atoms. The average Bonchev–Trinajstić information content (AvgIpc) is 2.61. The minimum atomic E-state index is -1.42. The number of aromatic nitrogens is 1. The van der Waals surface area contributed by atoms with Crippen molar-refractivity contribution >= 4 is 37.1 Å². The fraction of sp³-hybridized carbons (Fsp3) is 0.0556. The van der Waals surface area contributed by atoms with Gasteiger partial charge in [-0.25, -0.2) is 0 Å². The first-order valence-electron chi connectivity index (χ1n) is 7.25. The number of aromatic hydroxyl groups is 1. The van der Waals surface area contributed by atoms with Crippen molar-refractivity contribution < 1.29 is 19.8 Å². The topological polar surface area (TPSA) is 87.5 Å². The molecule has 5 nitrogen and oxygen atoms in total. The van der Waals surface area contributed by atoms with Crippen molar-refractivity contribution in [3.05, 3.63) is 60.3 Å². The van der Waals surface area contributed by atoms with Gasteiger partial charge in [0.05, 0.1) is 0 Å². The first-order chi connectivity index (χ1) is 11.6. The van der Waals surface area contributed by atoms with Crippen LogP contribution < -0.4 is 0 Å². The molecule has 0 spiro atoms. The van der Waals surface area contributed by atoms with E-state index in [1.807, 2.05) is 42.5 Å². The van der Waals surface area contributed by atoms with Crippen LogP contribution in [0.3, 0.4) is 0 Å². The number of carbonyl (C=O) groups excluding carboxylic acids is 1. The van der Waals surface area contributed by atoms with Gasteiger partial charge in [0, 0.05) is 0 Å². The van der Waals surface area contributed by atoms with Gasteiger partial charge in [0.1, 0.15) is 0 Å². The number of carboxylic acid groups (broad SMARTS) is 1. The molecule has 2 aromatic carbocycles. The van der Waals surface area contributed by atoms with Crippen molar-refractivity contribution in [2.24, 2.45) is 0 Å². The molecule has 6 heteroatoms. The number of fused-ring (bicyclic) bond motifs is 1. The van der Waals surface area contributed by atoms with Crippen LogP contribution in [0.5, 0.6) is 5.75 Å². The van der Waals surface area contributed by atoms with E-state index in [1.54, 1.807) is 12.1 Å². The Balaban J connectivity index is 2.19. The summed E-state index contributed by atoms with van der Waals surface area (Å²) in [7, 11) is 0. The van der Waals surface area contributed by atoms with Crippen LogP contribution in [0.4, 0.5) is 0 Å². The van der Waals surface area contributed by atoms with Gasteiger partial charge in [0.15, 0.2) is 0 Å². The molecule has 0 fully saturated rings. The Kier molecular flexibility index (Phi) is 4.63. The Hall–Kier alpha value is -2.65. The summed E-state index contributed by atoms with van der Waals surface area (Å²) < 4.78 is -0.363. The van der Waals surface area contributed by atoms with Gasteiger partial charge >= 0.3 is 144 Å². The number of nitrogens with zero attached hydrogens (tertiary/aromatic N) is 1. The van der Waals surface area contributed by atoms with Crippen LogP contribution in [0.25, 0.3) is 22.0 Å². The van der Waals surface area contributed by atoms with Gasteiger partial charge in [0.25, 0.3) is 0 Å². The summed E-state index contributed by atoms with van der Waals surface area (Å²) in [5.74, 6) is -1.18. The fourth-order valence-corrected chi connectivity index (χ4v) is 3.83. The van der Waals surface area contributed by atoms with Crippen LogP contribution in [0.1, 0.15) is 10.5 Å². The van der Waals surface area contributed by atoms with Gasteiger partial charge in [-0.15, -0.1) is 0 Å². The molecule has 0 aliphatic carbocycles. The number of hydrogen-bond donors (Lipinski definition) is 2. The minimum absolute atomic E-state index is 0.0335. The second-order valence-electron chi connectivity index (χ2n) is 5.15. The first kappa shape index (κ1) is 16.2. The zero-order valence-corrected chi connectivity index (χ0v) is 14.7. The number of carbonyl (C=O) groups is 2. The summed E-state index contributed by atoms with van der Waals surface area (Å²) in [6.07, 6.45) is 0. The quantitative estimate of drug-likeness (QED) is 0.662. The van der Waals surface area contributed by atoms with Crippen LogP contribution in [-0.4, -0.2) is 41.5 Å². The fourth-order valence-electron chi connectivity index (χ4n) is 2.46. The second-order valence-corrected chi connectivity index (χ2v) is 7.58. The summed E-state index contributed by atoms with van der Waals surface area (Å²) in [4.78, 5) is 27.5. The third-order valence-electron chi connectivity index (χ3n) is 3.55. The van der Waals surface area contributed by atoms with Crippen molar-refractivity contribution in [2.75, 3.05) is 0 Å². The first-order valence-corrected chi connectivity index (χ1v) is 9.78. The Labute approximate surface area is 144 Å². The van der Waals surface area contributed by atoms with Gasteiger partial charge < -0.3 is 0 Å². The van der Waals surface area contributed by atoms with Crippen LogP contribution in [0.15, 0.2) is 54.6 Å². The Morgan fingerprint density at radius 2 is 1.58 bits per heavy atom. The summed E-state index contributed by atoms with van der Waals surface area (Å²) >= 11 is -1.42. The molecule has 0 aliphatic heterocycles. The molecule has 1 atom stereocenters. The van der Waals surface area contributed by atoms with Crippen LogP contribution in [0.2, 0.25) is 5.21 Å². The number of benzene rings is 2. The van der Waals surface area contributed by atoms with Gasteiger partial charge in [-0.05, 0) is 0 Å². The summed E-state index contributed by atoms with van der Waals surface area (Å²) in [6.45, 7) is 0. The Morgan fingerprint density at radius 3 is 2.25 bits per heavy atom. The van der Waals surface area contributed by atoms with E-state index in [4.69, 9.17) is 5.11 Å². The Morgan fingerprint density at radius 1 is 0.958 bits per heavy atom. The van der Waals surface area contributed by atoms with Gasteiger partial charge in [-0.3, -0.25) is 0 Å². The van der Waals surface area contributed by atoms with Gasteiger partial charge in [-0.2, -0.15) is 0 Å². The molecule has 3 rings (SSSR count). The molecule has 3 aromatic rings. The monoisotopic (exact) mass is 383 g/mol. The van der Waals surface area contributed by atoms with E-state index in [0.29, 0.717) is 11.1 Å². The average molecular weight is 383 g/mol. The zero-order valence-electron chi connectivity index (χ0n) is 12.6. The summed E-state index contributed by atoms with van der Waals surface area (Å²) in [5, 5.41) is 20.3. The molecule has 1 aromatic heterocycles. The van der Waals surface area contributed by atoms with Gasteiger partial charge in [-0.1, -0.05) is 0 Å². The van der Waals surface area contributed by atoms with Crippen LogP contribution in [-0.2, 0) is 4.79 Å². The third-order valence-corrected chi connectivity index (χ3v) is 5.72. The van der Waals surface area contributed by atoms with E-state index in [0.717, 1.165) is 10.9 Å². The molecule has 0 saturated heterocycles. The Bertz CT molecular complexity index is 925. The van der Waals surface area contributed by atoms with E-state index >= 15 is 0 Å². The maximum absolute atomic E-state index is 12.4. The number of pyridine rings is 1. The second kappa shape index (κ2) is 6.85. The van der Waals surface area contributed by atoms with E-state index in [1.165, 1.54) is 0 Å². The molecule has 0 amide bonds. The maximum atomic E-state index is 12.4. The van der Waals surface area contributed by atoms with Crippen LogP contribution in [0, 0.1) is 0 Å². The van der Waals surface area contributed by atoms with Crippen molar-refractivity contribution in [3.8, 4) is 17.0 Å². The van der Waals surface area contributed by atoms with Crippen molar-refractivity contribution in [3.63, 3.8) is 0 Å². The molecule has 0 bridgehead atoms. The van der Waals surface area contributed by atoms with Gasteiger partial charge in [0.2, 0.25) is 0 Å². The molecule has 120 valence electrons. The number of aliphatic carboxylic acids is 1. The van der Waals surface area contributed by atoms with Crippen molar-refractivity contribution in [2.45, 2.75) is 5.21 Å². The van der Waals surface area contributed by atoms with Crippen molar-refractivity contribution in [1.29, 1.82) is 0 Å². The van der Waals surface area contributed by atoms with E-state index in [-0.39, 0.29) is 21.2 Å². The van der Waals surface area contributed by atoms with Crippen LogP contribution >= 0.6 is 0 Å². The number of hydrogen-bond acceptors (Lipinski definition) is 4. The van der Waals surface area contributed by atoms with Crippen molar-refractivity contribution in [1.82, 2.24) is 4.98 Å². The molecule has 1 heterocycles. The molecular weight excluding hydrogens is 369 g/mol. The van der Waals surface area contributed by atoms with E-state index < -0.39 is 21.7 Å². The normalized spacial score (nSPS) is 11.2. The number of rotatable bonds is 5. The zero-order chi connectivity index (χ0) is 17.1. The molecule has 1 unspecified atom stereocenters. The predicted octanol–water partition coefficient (Wildman–Crippen LogP) is 2.69. The molecule has 0 saturated carbocycles. The van der Waals surface area contributed by atoms with E-state index in [2.05, 4.69) is 4.98 Å². The number of carboxylic acids is 1. The molecule has 0 aliphatic rings. The third kappa shape index (κ3) is 3.17. The standard InChI is InChI=1S/C18H14AsNO4/c21-14(22)10-19-18(24)16-17(23)13-9-5-4-8-12(13)15(20-16)11-6-2-1-3-7-11/h1-9,19,23H,10H2,(H,21,22). The van der Waals surface area contributed by atoms with E-state index in [9.17, 15) is 14.7 Å². The molecule has 0 radical (unpaired) electrons. The molecular formula is C18H14AsNO4. The summed E-state index contributed by atoms with van der Waals surface area (Å²) in [5.41, 5.74) is 1.41. The predicted molar refractivity (Wildman–Crippen MR) is 92.8 cm³/mol. The summed E-state index contributed by atoms with van der Waals surface area (Å²) in [6, 6.07) is 16.6. The SMILES string of the molecule is O=C(O)C[AsH]C(=O)c1nc(-c2ccccc2)c2ccccc2c1O.